The van der Waals surface area contributed by atoms with Gasteiger partial charge in [-0.25, -0.2) is 0 Å². The van der Waals surface area contributed by atoms with Crippen LogP contribution in [0, 0.1) is 0 Å². The number of hydrogen-bond acceptors (Lipinski definition) is 6. The number of aromatic hydroxyl groups is 3. The lowest BCUT2D eigenvalue weighted by atomic mass is 9.94. The van der Waals surface area contributed by atoms with E-state index in [1.54, 1.807) is 12.1 Å². The molecule has 6 nitrogen and oxygen atoms in total. The van der Waals surface area contributed by atoms with Crippen molar-refractivity contribution in [1.29, 1.82) is 0 Å². The van der Waals surface area contributed by atoms with Crippen LogP contribution < -0.4 is 9.47 Å². The predicted octanol–water partition coefficient (Wildman–Crippen LogP) is 2.52. The zero-order chi connectivity index (χ0) is 15.9. The van der Waals surface area contributed by atoms with E-state index < -0.39 is 6.10 Å². The first-order valence-corrected chi connectivity index (χ1v) is 6.63. The van der Waals surface area contributed by atoms with Crippen LogP contribution in [0.4, 0.5) is 0 Å². The average Bonchev–Trinajstić information content (AvgIpc) is 2.51. The molecule has 1 unspecified atom stereocenters. The van der Waals surface area contributed by atoms with Gasteiger partial charge in [-0.3, -0.25) is 4.79 Å². The van der Waals surface area contributed by atoms with Gasteiger partial charge in [-0.2, -0.15) is 0 Å². The Balaban J connectivity index is 2.06. The summed E-state index contributed by atoms with van der Waals surface area (Å²) in [6.45, 7) is 0. The smallest absolute Gasteiger partial charge is 0.176 e. The van der Waals surface area contributed by atoms with Crippen molar-refractivity contribution >= 4 is 5.78 Å². The third kappa shape index (κ3) is 2.18. The van der Waals surface area contributed by atoms with E-state index in [4.69, 9.17) is 9.47 Å². The highest BCUT2D eigenvalue weighted by atomic mass is 16.5. The third-order valence-electron chi connectivity index (χ3n) is 3.61. The van der Waals surface area contributed by atoms with E-state index in [1.165, 1.54) is 25.3 Å². The van der Waals surface area contributed by atoms with Gasteiger partial charge in [-0.1, -0.05) is 0 Å². The summed E-state index contributed by atoms with van der Waals surface area (Å²) in [5.41, 5.74) is 0.333. The molecule has 1 atom stereocenters. The Bertz CT molecular complexity index is 753. The Kier molecular flexibility index (Phi) is 3.29. The average molecular weight is 302 g/mol. The maximum absolute atomic E-state index is 12.2. The molecule has 1 aliphatic heterocycles. The maximum atomic E-state index is 12.2. The molecule has 0 aromatic heterocycles. The first-order valence-electron chi connectivity index (χ1n) is 6.63. The summed E-state index contributed by atoms with van der Waals surface area (Å²) >= 11 is 0. The van der Waals surface area contributed by atoms with Gasteiger partial charge in [-0.15, -0.1) is 0 Å². The Labute approximate surface area is 126 Å². The molecule has 0 saturated heterocycles. The van der Waals surface area contributed by atoms with Crippen LogP contribution in [0.2, 0.25) is 0 Å². The zero-order valence-corrected chi connectivity index (χ0v) is 11.7. The van der Waals surface area contributed by atoms with E-state index in [0.29, 0.717) is 11.3 Å². The topological polar surface area (TPSA) is 96.2 Å². The van der Waals surface area contributed by atoms with E-state index in [0.717, 1.165) is 0 Å². The number of benzene rings is 2. The highest BCUT2D eigenvalue weighted by molar-refractivity contribution is 6.03. The second-order valence-electron chi connectivity index (χ2n) is 4.97. The lowest BCUT2D eigenvalue weighted by molar-refractivity contribution is 0.0834. The van der Waals surface area contributed by atoms with Gasteiger partial charge in [0.2, 0.25) is 0 Å². The van der Waals surface area contributed by atoms with Crippen LogP contribution in [0.5, 0.6) is 28.7 Å². The minimum Gasteiger partial charge on any atom is -0.508 e. The molecule has 1 aliphatic rings. The fourth-order valence-corrected chi connectivity index (χ4v) is 2.50. The summed E-state index contributed by atoms with van der Waals surface area (Å²) in [6, 6.07) is 7.08. The molecule has 3 rings (SSSR count). The maximum Gasteiger partial charge on any atom is 0.176 e. The van der Waals surface area contributed by atoms with Crippen LogP contribution in [-0.4, -0.2) is 28.2 Å². The van der Waals surface area contributed by atoms with Crippen molar-refractivity contribution in [2.75, 3.05) is 7.11 Å². The van der Waals surface area contributed by atoms with E-state index >= 15 is 0 Å². The van der Waals surface area contributed by atoms with Crippen molar-refractivity contribution in [3.8, 4) is 28.7 Å². The second kappa shape index (κ2) is 5.14. The number of ketones is 1. The van der Waals surface area contributed by atoms with Crippen molar-refractivity contribution in [2.45, 2.75) is 12.5 Å². The Hall–Kier alpha value is -2.89. The van der Waals surface area contributed by atoms with Crippen molar-refractivity contribution in [3.63, 3.8) is 0 Å². The molecule has 0 amide bonds. The van der Waals surface area contributed by atoms with E-state index in [9.17, 15) is 20.1 Å². The number of Topliss-reactive ketones (excluding diaryl/α,β-unsaturated/α-hetero) is 1. The fraction of sp³-hybridized carbons (Fsp3) is 0.188. The molecule has 0 fully saturated rings. The van der Waals surface area contributed by atoms with Gasteiger partial charge in [0.15, 0.2) is 17.3 Å². The third-order valence-corrected chi connectivity index (χ3v) is 3.61. The molecule has 1 heterocycles. The Morgan fingerprint density at radius 2 is 1.77 bits per heavy atom. The van der Waals surface area contributed by atoms with Crippen molar-refractivity contribution < 1.29 is 29.6 Å². The first kappa shape index (κ1) is 14.1. The fourth-order valence-electron chi connectivity index (χ4n) is 2.50. The van der Waals surface area contributed by atoms with Gasteiger partial charge in [0.25, 0.3) is 0 Å². The first-order chi connectivity index (χ1) is 10.5. The molecular weight excluding hydrogens is 288 g/mol. The van der Waals surface area contributed by atoms with Crippen LogP contribution in [0.1, 0.15) is 28.4 Å². The summed E-state index contributed by atoms with van der Waals surface area (Å²) in [5.74, 6) is -0.471. The number of fused-ring (bicyclic) bond motifs is 1. The number of carbonyl (C=O) groups excluding carboxylic acids is 1. The number of rotatable bonds is 2. The van der Waals surface area contributed by atoms with Crippen molar-refractivity contribution in [2.24, 2.45) is 0 Å². The molecule has 2 aromatic carbocycles. The molecule has 0 spiro atoms. The molecule has 0 bridgehead atoms. The molecule has 0 aliphatic carbocycles. The number of phenols is 3. The number of hydrogen-bond donors (Lipinski definition) is 3. The lowest BCUT2D eigenvalue weighted by Gasteiger charge is -2.27. The molecule has 3 N–H and O–H groups in total. The van der Waals surface area contributed by atoms with Gasteiger partial charge in [0.1, 0.15) is 28.9 Å². The number of phenolic OH excluding ortho intramolecular Hbond substituents is 3. The molecule has 0 saturated carbocycles. The summed E-state index contributed by atoms with van der Waals surface area (Å²) in [7, 11) is 1.49. The van der Waals surface area contributed by atoms with Crippen molar-refractivity contribution in [1.82, 2.24) is 0 Å². The standard InChI is InChI=1S/C16H14O6/c1-21-8-2-3-10(17)9(6-8)14-7-13(20)15-11(18)4-5-12(19)16(15)22-14/h2-6,14,17-19H,7H2,1H3. The minimum atomic E-state index is -0.775. The van der Waals surface area contributed by atoms with E-state index in [2.05, 4.69) is 0 Å². The Morgan fingerprint density at radius 3 is 2.50 bits per heavy atom. The molecule has 0 radical (unpaired) electrons. The highest BCUT2D eigenvalue weighted by Crippen LogP contribution is 2.46. The normalized spacial score (nSPS) is 16.8. The van der Waals surface area contributed by atoms with Gasteiger partial charge < -0.3 is 24.8 Å². The summed E-state index contributed by atoms with van der Waals surface area (Å²) in [4.78, 5) is 12.2. The highest BCUT2D eigenvalue weighted by Gasteiger charge is 2.33. The van der Waals surface area contributed by atoms with Crippen LogP contribution in [0.15, 0.2) is 30.3 Å². The quantitative estimate of drug-likeness (QED) is 0.738. The molecule has 6 heteroatoms. The predicted molar refractivity (Wildman–Crippen MR) is 76.7 cm³/mol. The Morgan fingerprint density at radius 1 is 1.09 bits per heavy atom. The minimum absolute atomic E-state index is 0.0401. The van der Waals surface area contributed by atoms with Gasteiger partial charge in [0, 0.05) is 5.56 Å². The SMILES string of the molecule is COc1ccc(O)c(C2CC(=O)c3c(O)ccc(O)c3O2)c1. The molecule has 114 valence electrons. The van der Waals surface area contributed by atoms with Crippen molar-refractivity contribution in [3.05, 3.63) is 41.5 Å². The lowest BCUT2D eigenvalue weighted by Crippen LogP contribution is -2.20. The molecular formula is C16H14O6. The molecule has 22 heavy (non-hydrogen) atoms. The van der Waals surface area contributed by atoms with Gasteiger partial charge >= 0.3 is 0 Å². The monoisotopic (exact) mass is 302 g/mol. The number of carbonyl (C=O) groups is 1. The zero-order valence-electron chi connectivity index (χ0n) is 11.7. The van der Waals surface area contributed by atoms with Crippen LogP contribution in [0.3, 0.4) is 0 Å². The number of ether oxygens (including phenoxy) is 2. The molecule has 2 aromatic rings. The van der Waals surface area contributed by atoms with E-state index in [1.807, 2.05) is 0 Å². The largest absolute Gasteiger partial charge is 0.508 e. The van der Waals surface area contributed by atoms with Gasteiger partial charge in [0.05, 0.1) is 13.5 Å². The van der Waals surface area contributed by atoms with Crippen LogP contribution in [0.25, 0.3) is 0 Å². The van der Waals surface area contributed by atoms with Crippen LogP contribution in [-0.2, 0) is 0 Å². The summed E-state index contributed by atoms with van der Waals surface area (Å²) < 4.78 is 10.7. The summed E-state index contributed by atoms with van der Waals surface area (Å²) in [6.07, 6.45) is -0.840. The van der Waals surface area contributed by atoms with E-state index in [-0.39, 0.29) is 40.8 Å². The summed E-state index contributed by atoms with van der Waals surface area (Å²) in [5, 5.41) is 29.6. The van der Waals surface area contributed by atoms with Crippen LogP contribution >= 0.6 is 0 Å². The second-order valence-corrected chi connectivity index (χ2v) is 4.97. The number of methoxy groups -OCH3 is 1. The van der Waals surface area contributed by atoms with Gasteiger partial charge in [-0.05, 0) is 30.3 Å².